The third kappa shape index (κ3) is 2.24. The van der Waals surface area contributed by atoms with Crippen molar-refractivity contribution in [2.45, 2.75) is 71.6 Å². The molecule has 4 rings (SSSR count). The highest BCUT2D eigenvalue weighted by Crippen LogP contribution is 2.72. The van der Waals surface area contributed by atoms with Gasteiger partial charge in [0.2, 0.25) is 0 Å². The van der Waals surface area contributed by atoms with E-state index in [9.17, 15) is 4.79 Å². The van der Waals surface area contributed by atoms with Gasteiger partial charge in [0.25, 0.3) is 0 Å². The van der Waals surface area contributed by atoms with Crippen molar-refractivity contribution in [2.75, 3.05) is 7.11 Å². The molecule has 0 aliphatic heterocycles. The van der Waals surface area contributed by atoms with Crippen LogP contribution in [0.5, 0.6) is 0 Å². The van der Waals surface area contributed by atoms with Gasteiger partial charge in [0.05, 0.1) is 12.5 Å². The molecule has 0 aromatic rings. The van der Waals surface area contributed by atoms with Crippen molar-refractivity contribution in [1.82, 2.24) is 0 Å². The van der Waals surface area contributed by atoms with Crippen LogP contribution >= 0.6 is 0 Å². The number of oxime groups is 1. The molecule has 0 heterocycles. The van der Waals surface area contributed by atoms with Gasteiger partial charge < -0.3 is 9.94 Å². The van der Waals surface area contributed by atoms with Gasteiger partial charge in [-0.05, 0) is 86.9 Å². The van der Waals surface area contributed by atoms with E-state index in [1.165, 1.54) is 38.5 Å². The summed E-state index contributed by atoms with van der Waals surface area (Å²) in [5.74, 6) is 2.30. The average Bonchev–Trinajstić information content (AvgIpc) is 2.84. The van der Waals surface area contributed by atoms with E-state index >= 15 is 0 Å². The van der Waals surface area contributed by atoms with Crippen LogP contribution in [0.3, 0.4) is 0 Å². The molecule has 7 atom stereocenters. The zero-order chi connectivity index (χ0) is 17.9. The van der Waals surface area contributed by atoms with Crippen molar-refractivity contribution in [1.29, 1.82) is 0 Å². The van der Waals surface area contributed by atoms with E-state index in [0.717, 1.165) is 19.3 Å². The Labute approximate surface area is 151 Å². The van der Waals surface area contributed by atoms with E-state index in [2.05, 4.69) is 19.0 Å². The van der Waals surface area contributed by atoms with Gasteiger partial charge in [-0.25, -0.2) is 0 Å². The zero-order valence-electron chi connectivity index (χ0n) is 16.0. The van der Waals surface area contributed by atoms with Crippen LogP contribution in [-0.4, -0.2) is 24.5 Å². The maximum atomic E-state index is 12.7. The van der Waals surface area contributed by atoms with Crippen LogP contribution in [0.1, 0.15) is 71.6 Å². The summed E-state index contributed by atoms with van der Waals surface area (Å²) in [7, 11) is 1.55. The van der Waals surface area contributed by atoms with E-state index in [-0.39, 0.29) is 16.8 Å². The number of ether oxygens (including phenoxy) is 1. The first-order valence-electron chi connectivity index (χ1n) is 10.2. The van der Waals surface area contributed by atoms with Gasteiger partial charge >= 0.3 is 5.97 Å². The molecule has 25 heavy (non-hydrogen) atoms. The number of fused-ring (bicyclic) bond motifs is 3. The number of carbonyl (C=O) groups excluding carboxylic acids is 1. The second kappa shape index (κ2) is 5.72. The Balaban J connectivity index is 1.69. The highest BCUT2D eigenvalue weighted by Gasteiger charge is 2.65. The number of rotatable bonds is 2. The number of hydrogen-bond acceptors (Lipinski definition) is 4. The van der Waals surface area contributed by atoms with E-state index in [4.69, 9.17) is 9.94 Å². The molecule has 4 aliphatic carbocycles. The molecule has 4 fully saturated rings. The molecule has 140 valence electrons. The lowest BCUT2D eigenvalue weighted by molar-refractivity contribution is -0.183. The van der Waals surface area contributed by atoms with E-state index in [0.29, 0.717) is 29.1 Å². The Hall–Kier alpha value is -1.06. The second-order valence-electron chi connectivity index (χ2n) is 9.95. The third-order valence-corrected chi connectivity index (χ3v) is 9.10. The number of hydrogen-bond donors (Lipinski definition) is 1. The van der Waals surface area contributed by atoms with E-state index in [1.54, 1.807) is 13.3 Å². The Morgan fingerprint density at radius 3 is 2.64 bits per heavy atom. The van der Waals surface area contributed by atoms with Gasteiger partial charge in [0, 0.05) is 12.1 Å². The fourth-order valence-electron chi connectivity index (χ4n) is 8.24. The quantitative estimate of drug-likeness (QED) is 0.342. The molecule has 0 amide bonds. The predicted octanol–water partition coefficient (Wildman–Crippen LogP) is 4.65. The van der Waals surface area contributed by atoms with Crippen molar-refractivity contribution in [3.63, 3.8) is 0 Å². The number of esters is 1. The Morgan fingerprint density at radius 1 is 1.12 bits per heavy atom. The molecule has 4 aliphatic rings. The van der Waals surface area contributed by atoms with Crippen molar-refractivity contribution in [3.05, 3.63) is 0 Å². The van der Waals surface area contributed by atoms with Crippen LogP contribution < -0.4 is 0 Å². The molecule has 0 saturated heterocycles. The lowest BCUT2D eigenvalue weighted by Crippen LogP contribution is -2.58. The first kappa shape index (κ1) is 17.4. The van der Waals surface area contributed by atoms with Crippen LogP contribution in [0.4, 0.5) is 0 Å². The van der Waals surface area contributed by atoms with Crippen LogP contribution in [0.2, 0.25) is 0 Å². The standard InChI is InChI=1S/C21H33NO3/c1-19-8-4-9-20(2,18(23)25-3)16(19)7-10-21-11-14(5-6-17(19)21)15(12-21)13-22-24/h13-17,24H,4-12H2,1-3H3/b22-13+/t14-,15+,16+,17+,19-,20-,21+/m1/s1. The second-order valence-corrected chi connectivity index (χ2v) is 9.95. The topological polar surface area (TPSA) is 58.9 Å². The normalized spacial score (nSPS) is 51.8. The van der Waals surface area contributed by atoms with E-state index in [1.807, 2.05) is 0 Å². The van der Waals surface area contributed by atoms with Crippen LogP contribution in [0, 0.1) is 39.9 Å². The Morgan fingerprint density at radius 2 is 1.92 bits per heavy atom. The molecule has 1 N–H and O–H groups in total. The minimum absolute atomic E-state index is 0.00442. The fraction of sp³-hybridized carbons (Fsp3) is 0.905. The summed E-state index contributed by atoms with van der Waals surface area (Å²) in [6, 6.07) is 0. The van der Waals surface area contributed by atoms with E-state index < -0.39 is 0 Å². The molecule has 4 heteroatoms. The lowest BCUT2D eigenvalue weighted by Gasteiger charge is -2.63. The van der Waals surface area contributed by atoms with Gasteiger partial charge in [-0.1, -0.05) is 13.3 Å². The molecule has 0 aromatic heterocycles. The van der Waals surface area contributed by atoms with Gasteiger partial charge in [0.1, 0.15) is 0 Å². The molecule has 0 unspecified atom stereocenters. The number of methoxy groups -OCH3 is 1. The van der Waals surface area contributed by atoms with Crippen LogP contribution in [-0.2, 0) is 9.53 Å². The summed E-state index contributed by atoms with van der Waals surface area (Å²) in [5.41, 5.74) is 0.342. The van der Waals surface area contributed by atoms with Gasteiger partial charge in [0.15, 0.2) is 0 Å². The molecule has 0 radical (unpaired) electrons. The summed E-state index contributed by atoms with van der Waals surface area (Å²) in [6.45, 7) is 4.65. The van der Waals surface area contributed by atoms with Crippen molar-refractivity contribution in [2.24, 2.45) is 45.1 Å². The zero-order valence-corrected chi connectivity index (χ0v) is 16.0. The summed E-state index contributed by atoms with van der Waals surface area (Å²) in [5, 5.41) is 12.4. The molecule has 2 bridgehead atoms. The Bertz CT molecular complexity index is 590. The summed E-state index contributed by atoms with van der Waals surface area (Å²) in [4.78, 5) is 12.7. The minimum atomic E-state index is -0.315. The molecular formula is C21H33NO3. The van der Waals surface area contributed by atoms with Crippen molar-refractivity contribution < 1.29 is 14.7 Å². The maximum Gasteiger partial charge on any atom is 0.311 e. The van der Waals surface area contributed by atoms with Gasteiger partial charge in [-0.2, -0.15) is 0 Å². The Kier molecular flexibility index (Phi) is 3.97. The monoisotopic (exact) mass is 347 g/mol. The SMILES string of the molecule is COC(=O)[C@]1(C)CCC[C@@]2(C)[C@@H]3CC[C@@H]4C[C@@]3(CC[C@@H]21)C[C@H]4/C=N/O. The molecule has 0 aromatic carbocycles. The molecule has 1 spiro atoms. The first-order chi connectivity index (χ1) is 11.9. The lowest BCUT2D eigenvalue weighted by atomic mass is 9.41. The van der Waals surface area contributed by atoms with Gasteiger partial charge in [-0.3, -0.25) is 4.79 Å². The fourth-order valence-corrected chi connectivity index (χ4v) is 8.24. The maximum absolute atomic E-state index is 12.7. The van der Waals surface area contributed by atoms with Crippen molar-refractivity contribution >= 4 is 12.2 Å². The van der Waals surface area contributed by atoms with Crippen molar-refractivity contribution in [3.8, 4) is 0 Å². The van der Waals surface area contributed by atoms with Gasteiger partial charge in [-0.15, -0.1) is 5.16 Å². The molecule has 4 saturated carbocycles. The minimum Gasteiger partial charge on any atom is -0.469 e. The highest BCUT2D eigenvalue weighted by atomic mass is 16.5. The third-order valence-electron chi connectivity index (χ3n) is 9.10. The first-order valence-corrected chi connectivity index (χ1v) is 10.2. The molecule has 4 nitrogen and oxygen atoms in total. The number of nitrogens with zero attached hydrogens (tertiary/aromatic N) is 1. The highest BCUT2D eigenvalue weighted by molar-refractivity contribution is 5.77. The summed E-state index contributed by atoms with van der Waals surface area (Å²) < 4.78 is 5.25. The van der Waals surface area contributed by atoms with Crippen LogP contribution in [0.15, 0.2) is 5.16 Å². The summed E-state index contributed by atoms with van der Waals surface area (Å²) in [6.07, 6.45) is 12.6. The summed E-state index contributed by atoms with van der Waals surface area (Å²) >= 11 is 0. The predicted molar refractivity (Wildman–Crippen MR) is 96.5 cm³/mol. The average molecular weight is 347 g/mol. The molecular weight excluding hydrogens is 314 g/mol. The van der Waals surface area contributed by atoms with Crippen LogP contribution in [0.25, 0.3) is 0 Å². The smallest absolute Gasteiger partial charge is 0.311 e. The largest absolute Gasteiger partial charge is 0.469 e. The number of carbonyl (C=O) groups is 1.